The van der Waals surface area contributed by atoms with E-state index in [1.165, 1.54) is 0 Å². The molecule has 0 spiro atoms. The van der Waals surface area contributed by atoms with E-state index in [1.807, 2.05) is 60.7 Å². The molecule has 0 aliphatic carbocycles. The maximum Gasteiger partial charge on any atom is 0.136 e. The number of nitrogens with zero attached hydrogens (tertiary/aromatic N) is 3. The van der Waals surface area contributed by atoms with Crippen LogP contribution in [0.3, 0.4) is 0 Å². The first kappa shape index (κ1) is 17.1. The van der Waals surface area contributed by atoms with Gasteiger partial charge in [0.1, 0.15) is 29.2 Å². The number of rotatable bonds is 6. The summed E-state index contributed by atoms with van der Waals surface area (Å²) in [6, 6.07) is 19.0. The molecular weight excluding hydrogens is 298 g/mol. The molecule has 0 heterocycles. The van der Waals surface area contributed by atoms with E-state index in [1.54, 1.807) is 6.08 Å². The number of hydrogen-bond acceptors (Lipinski definition) is 4. The van der Waals surface area contributed by atoms with Gasteiger partial charge in [0.05, 0.1) is 0 Å². The molecule has 24 heavy (non-hydrogen) atoms. The average molecular weight is 317 g/mol. The lowest BCUT2D eigenvalue weighted by Gasteiger charge is -2.22. The van der Waals surface area contributed by atoms with E-state index >= 15 is 0 Å². The zero-order valence-corrected chi connectivity index (χ0v) is 13.9. The standard InChI is InChI=1S/C20H19N3O/c1-3-23(4-2)18-11-10-17(12-16(14-21)15-22)20(13-18)24-19-8-6-5-7-9-19/h5-13H,3-4H2,1-2H3. The van der Waals surface area contributed by atoms with Crippen LogP contribution < -0.4 is 9.64 Å². The fourth-order valence-electron chi connectivity index (χ4n) is 2.38. The smallest absolute Gasteiger partial charge is 0.136 e. The fourth-order valence-corrected chi connectivity index (χ4v) is 2.38. The van der Waals surface area contributed by atoms with Gasteiger partial charge in [-0.1, -0.05) is 18.2 Å². The summed E-state index contributed by atoms with van der Waals surface area (Å²) in [7, 11) is 0. The summed E-state index contributed by atoms with van der Waals surface area (Å²) in [5.41, 5.74) is 1.79. The van der Waals surface area contributed by atoms with Crippen molar-refractivity contribution < 1.29 is 4.74 Å². The average Bonchev–Trinajstić information content (AvgIpc) is 2.63. The van der Waals surface area contributed by atoms with Crippen molar-refractivity contribution in [2.24, 2.45) is 0 Å². The molecule has 4 heteroatoms. The Kier molecular flexibility index (Phi) is 6.00. The summed E-state index contributed by atoms with van der Waals surface area (Å²) in [5.74, 6) is 1.33. The summed E-state index contributed by atoms with van der Waals surface area (Å²) in [4.78, 5) is 2.21. The molecule has 2 rings (SSSR count). The predicted molar refractivity (Wildman–Crippen MR) is 95.7 cm³/mol. The first-order valence-electron chi connectivity index (χ1n) is 7.85. The maximum absolute atomic E-state index is 9.00. The molecule has 0 atom stereocenters. The van der Waals surface area contributed by atoms with Gasteiger partial charge < -0.3 is 9.64 Å². The van der Waals surface area contributed by atoms with Crippen LogP contribution in [0.2, 0.25) is 0 Å². The number of hydrogen-bond donors (Lipinski definition) is 0. The van der Waals surface area contributed by atoms with Crippen LogP contribution in [0.4, 0.5) is 5.69 Å². The van der Waals surface area contributed by atoms with Gasteiger partial charge in [0, 0.05) is 30.4 Å². The van der Waals surface area contributed by atoms with Crippen molar-refractivity contribution in [2.45, 2.75) is 13.8 Å². The van der Waals surface area contributed by atoms with Gasteiger partial charge in [-0.15, -0.1) is 0 Å². The van der Waals surface area contributed by atoms with Gasteiger partial charge in [-0.3, -0.25) is 0 Å². The van der Waals surface area contributed by atoms with Gasteiger partial charge in [0.15, 0.2) is 0 Å². The molecule has 2 aromatic carbocycles. The zero-order valence-electron chi connectivity index (χ0n) is 13.9. The lowest BCUT2D eigenvalue weighted by Crippen LogP contribution is -2.21. The van der Waals surface area contributed by atoms with Crippen LogP contribution in [0.1, 0.15) is 19.4 Å². The zero-order chi connectivity index (χ0) is 17.4. The minimum atomic E-state index is 0.0449. The number of anilines is 1. The molecule has 0 saturated carbocycles. The van der Waals surface area contributed by atoms with Crippen molar-refractivity contribution >= 4 is 11.8 Å². The highest BCUT2D eigenvalue weighted by molar-refractivity contribution is 5.69. The second-order valence-corrected chi connectivity index (χ2v) is 5.09. The molecule has 0 bridgehead atoms. The maximum atomic E-state index is 9.00. The Bertz CT molecular complexity index is 778. The van der Waals surface area contributed by atoms with Gasteiger partial charge >= 0.3 is 0 Å². The van der Waals surface area contributed by atoms with Gasteiger partial charge in [-0.05, 0) is 44.2 Å². The lowest BCUT2D eigenvalue weighted by atomic mass is 10.1. The summed E-state index contributed by atoms with van der Waals surface area (Å²) in [6.07, 6.45) is 1.55. The van der Waals surface area contributed by atoms with Crippen molar-refractivity contribution in [1.82, 2.24) is 0 Å². The number of ether oxygens (including phenoxy) is 1. The van der Waals surface area contributed by atoms with Crippen LogP contribution in [0, 0.1) is 22.7 Å². The van der Waals surface area contributed by atoms with Crippen molar-refractivity contribution in [2.75, 3.05) is 18.0 Å². The molecule has 4 nitrogen and oxygen atoms in total. The molecular formula is C20H19N3O. The third-order valence-electron chi connectivity index (χ3n) is 3.64. The van der Waals surface area contributed by atoms with Crippen LogP contribution >= 0.6 is 0 Å². The van der Waals surface area contributed by atoms with E-state index in [-0.39, 0.29) is 5.57 Å². The predicted octanol–water partition coefficient (Wildman–Crippen LogP) is 4.76. The van der Waals surface area contributed by atoms with Crippen LogP contribution in [0.25, 0.3) is 6.08 Å². The Morgan fingerprint density at radius 2 is 1.71 bits per heavy atom. The van der Waals surface area contributed by atoms with Gasteiger partial charge in [0.2, 0.25) is 0 Å². The SMILES string of the molecule is CCN(CC)c1ccc(C=C(C#N)C#N)c(Oc2ccccc2)c1. The summed E-state index contributed by atoms with van der Waals surface area (Å²) in [5, 5.41) is 18.0. The molecule has 0 aliphatic heterocycles. The topological polar surface area (TPSA) is 60.0 Å². The van der Waals surface area contributed by atoms with Gasteiger partial charge in [-0.25, -0.2) is 0 Å². The molecule has 0 radical (unpaired) electrons. The lowest BCUT2D eigenvalue weighted by molar-refractivity contribution is 0.481. The molecule has 0 saturated heterocycles. The molecule has 0 amide bonds. The first-order valence-corrected chi connectivity index (χ1v) is 7.85. The largest absolute Gasteiger partial charge is 0.457 e. The third kappa shape index (κ3) is 4.15. The minimum absolute atomic E-state index is 0.0449. The molecule has 0 aromatic heterocycles. The number of nitriles is 2. The number of benzene rings is 2. The van der Waals surface area contributed by atoms with E-state index in [0.717, 1.165) is 18.8 Å². The van der Waals surface area contributed by atoms with E-state index < -0.39 is 0 Å². The van der Waals surface area contributed by atoms with E-state index in [4.69, 9.17) is 15.3 Å². The highest BCUT2D eigenvalue weighted by Gasteiger charge is 2.09. The normalized spacial score (nSPS) is 9.50. The summed E-state index contributed by atoms with van der Waals surface area (Å²) >= 11 is 0. The van der Waals surface area contributed by atoms with Crippen LogP contribution in [0.15, 0.2) is 54.1 Å². The highest BCUT2D eigenvalue weighted by Crippen LogP contribution is 2.31. The Labute approximate surface area is 142 Å². The fraction of sp³-hybridized carbons (Fsp3) is 0.200. The Balaban J connectivity index is 2.49. The van der Waals surface area contributed by atoms with Crippen LogP contribution in [-0.2, 0) is 0 Å². The van der Waals surface area contributed by atoms with Crippen molar-refractivity contribution in [1.29, 1.82) is 10.5 Å². The molecule has 2 aromatic rings. The second-order valence-electron chi connectivity index (χ2n) is 5.09. The van der Waals surface area contributed by atoms with E-state index in [9.17, 15) is 0 Å². The second kappa shape index (κ2) is 8.41. The van der Waals surface area contributed by atoms with Crippen molar-refractivity contribution in [3.05, 3.63) is 59.7 Å². The Morgan fingerprint density at radius 1 is 1.04 bits per heavy atom. The summed E-state index contributed by atoms with van der Waals surface area (Å²) < 4.78 is 5.99. The van der Waals surface area contributed by atoms with Crippen molar-refractivity contribution in [3.63, 3.8) is 0 Å². The van der Waals surface area contributed by atoms with Crippen molar-refractivity contribution in [3.8, 4) is 23.6 Å². The Morgan fingerprint density at radius 3 is 2.29 bits per heavy atom. The first-order chi connectivity index (χ1) is 11.7. The molecule has 0 unspecified atom stereocenters. The molecule has 0 fully saturated rings. The van der Waals surface area contributed by atoms with Crippen LogP contribution in [-0.4, -0.2) is 13.1 Å². The number of para-hydroxylation sites is 1. The quantitative estimate of drug-likeness (QED) is 0.721. The van der Waals surface area contributed by atoms with E-state index in [0.29, 0.717) is 17.1 Å². The van der Waals surface area contributed by atoms with Crippen LogP contribution in [0.5, 0.6) is 11.5 Å². The third-order valence-corrected chi connectivity index (χ3v) is 3.64. The highest BCUT2D eigenvalue weighted by atomic mass is 16.5. The van der Waals surface area contributed by atoms with Gasteiger partial charge in [0.25, 0.3) is 0 Å². The van der Waals surface area contributed by atoms with Gasteiger partial charge in [-0.2, -0.15) is 10.5 Å². The Hall–Kier alpha value is -3.24. The molecule has 0 aliphatic rings. The van der Waals surface area contributed by atoms with E-state index in [2.05, 4.69) is 18.7 Å². The molecule has 0 N–H and O–H groups in total. The monoisotopic (exact) mass is 317 g/mol. The summed E-state index contributed by atoms with van der Waals surface area (Å²) in [6.45, 7) is 5.97. The minimum Gasteiger partial charge on any atom is -0.457 e. The number of allylic oxidation sites excluding steroid dienone is 1. The molecule has 120 valence electrons.